The molecule has 142 valence electrons. The van der Waals surface area contributed by atoms with Gasteiger partial charge in [0.2, 0.25) is 0 Å². The van der Waals surface area contributed by atoms with Crippen molar-refractivity contribution in [1.82, 2.24) is 4.90 Å². The molecule has 1 heterocycles. The van der Waals surface area contributed by atoms with Crippen molar-refractivity contribution in [2.24, 2.45) is 0 Å². The van der Waals surface area contributed by atoms with Gasteiger partial charge in [0.15, 0.2) is 0 Å². The molecule has 4 rings (SSSR count). The standard InChI is InChI=1S/C24H25N3O/c1-2-19-10-6-7-11-23(19)26-24(28)25-22-13-12-20-16-27(17-21(20)14-22)15-18-8-4-3-5-9-18/h3-14H,2,15-17H2,1H3,(H2,25,26,28). The van der Waals surface area contributed by atoms with Gasteiger partial charge in [-0.15, -0.1) is 0 Å². The smallest absolute Gasteiger partial charge is 0.308 e. The van der Waals surface area contributed by atoms with E-state index in [0.717, 1.165) is 43.0 Å². The van der Waals surface area contributed by atoms with Crippen molar-refractivity contribution >= 4 is 17.4 Å². The molecule has 1 aliphatic heterocycles. The predicted octanol–water partition coefficient (Wildman–Crippen LogP) is 5.41. The van der Waals surface area contributed by atoms with Gasteiger partial charge >= 0.3 is 6.03 Å². The van der Waals surface area contributed by atoms with Crippen LogP contribution >= 0.6 is 0 Å². The van der Waals surface area contributed by atoms with Gasteiger partial charge in [0.1, 0.15) is 0 Å². The van der Waals surface area contributed by atoms with Crippen LogP contribution in [0.5, 0.6) is 0 Å². The molecule has 3 aromatic rings. The molecule has 1 aliphatic rings. The first-order chi connectivity index (χ1) is 13.7. The number of hydrogen-bond donors (Lipinski definition) is 2. The van der Waals surface area contributed by atoms with E-state index in [4.69, 9.17) is 0 Å². The summed E-state index contributed by atoms with van der Waals surface area (Å²) in [5.74, 6) is 0. The number of aryl methyl sites for hydroxylation is 1. The molecule has 0 fully saturated rings. The van der Waals surface area contributed by atoms with Crippen molar-refractivity contribution in [3.05, 3.63) is 95.1 Å². The average Bonchev–Trinajstić information content (AvgIpc) is 3.10. The fourth-order valence-electron chi connectivity index (χ4n) is 3.73. The predicted molar refractivity (Wildman–Crippen MR) is 114 cm³/mol. The topological polar surface area (TPSA) is 44.4 Å². The number of fused-ring (bicyclic) bond motifs is 1. The maximum Gasteiger partial charge on any atom is 0.323 e. The summed E-state index contributed by atoms with van der Waals surface area (Å²) in [7, 11) is 0. The number of carbonyl (C=O) groups excluding carboxylic acids is 1. The first-order valence-electron chi connectivity index (χ1n) is 9.75. The first kappa shape index (κ1) is 18.3. The van der Waals surface area contributed by atoms with Crippen LogP contribution in [0.2, 0.25) is 0 Å². The second-order valence-electron chi connectivity index (χ2n) is 7.20. The quantitative estimate of drug-likeness (QED) is 0.630. The van der Waals surface area contributed by atoms with Crippen molar-refractivity contribution < 1.29 is 4.79 Å². The lowest BCUT2D eigenvalue weighted by molar-refractivity contribution is 0.262. The van der Waals surface area contributed by atoms with Gasteiger partial charge in [0.25, 0.3) is 0 Å². The van der Waals surface area contributed by atoms with Crippen molar-refractivity contribution in [2.45, 2.75) is 33.0 Å². The van der Waals surface area contributed by atoms with Crippen LogP contribution in [0.4, 0.5) is 16.2 Å². The third kappa shape index (κ3) is 4.24. The Kier molecular flexibility index (Phi) is 5.40. The first-order valence-corrected chi connectivity index (χ1v) is 9.75. The van der Waals surface area contributed by atoms with Gasteiger partial charge in [-0.25, -0.2) is 4.79 Å². The Morgan fingerprint density at radius 3 is 2.46 bits per heavy atom. The Labute approximate surface area is 166 Å². The van der Waals surface area contributed by atoms with E-state index in [-0.39, 0.29) is 6.03 Å². The van der Waals surface area contributed by atoms with Gasteiger partial charge in [-0.3, -0.25) is 4.90 Å². The van der Waals surface area contributed by atoms with E-state index >= 15 is 0 Å². The second kappa shape index (κ2) is 8.28. The number of hydrogen-bond acceptors (Lipinski definition) is 2. The molecular formula is C24H25N3O. The summed E-state index contributed by atoms with van der Waals surface area (Å²) >= 11 is 0. The molecule has 4 heteroatoms. The van der Waals surface area contributed by atoms with Gasteiger partial charge in [-0.1, -0.05) is 61.5 Å². The molecule has 0 unspecified atom stereocenters. The lowest BCUT2D eigenvalue weighted by atomic mass is 10.1. The number of benzene rings is 3. The number of urea groups is 1. The third-order valence-electron chi connectivity index (χ3n) is 5.15. The summed E-state index contributed by atoms with van der Waals surface area (Å²) in [6, 6.07) is 24.4. The summed E-state index contributed by atoms with van der Waals surface area (Å²) in [6.07, 6.45) is 0.881. The van der Waals surface area contributed by atoms with Crippen molar-refractivity contribution in [3.8, 4) is 0 Å². The highest BCUT2D eigenvalue weighted by Crippen LogP contribution is 2.27. The van der Waals surface area contributed by atoms with E-state index in [0.29, 0.717) is 0 Å². The van der Waals surface area contributed by atoms with E-state index in [9.17, 15) is 4.79 Å². The minimum Gasteiger partial charge on any atom is -0.308 e. The Hall–Kier alpha value is -3.11. The van der Waals surface area contributed by atoms with E-state index in [1.807, 2.05) is 36.4 Å². The van der Waals surface area contributed by atoms with E-state index in [1.54, 1.807) is 0 Å². The number of nitrogens with one attached hydrogen (secondary N) is 2. The molecule has 0 radical (unpaired) electrons. The zero-order valence-electron chi connectivity index (χ0n) is 16.1. The average molecular weight is 371 g/mol. The molecule has 0 atom stereocenters. The van der Waals surface area contributed by atoms with Crippen LogP contribution in [0.15, 0.2) is 72.8 Å². The summed E-state index contributed by atoms with van der Waals surface area (Å²) in [5, 5.41) is 5.93. The van der Waals surface area contributed by atoms with E-state index < -0.39 is 0 Å². The summed E-state index contributed by atoms with van der Waals surface area (Å²) < 4.78 is 0. The molecule has 0 spiro atoms. The number of para-hydroxylation sites is 1. The molecule has 0 aliphatic carbocycles. The molecule has 0 aromatic heterocycles. The molecule has 0 saturated carbocycles. The molecule has 2 N–H and O–H groups in total. The minimum atomic E-state index is -0.208. The van der Waals surface area contributed by atoms with E-state index in [1.165, 1.54) is 16.7 Å². The zero-order chi connectivity index (χ0) is 19.3. The monoisotopic (exact) mass is 371 g/mol. The highest BCUT2D eigenvalue weighted by Gasteiger charge is 2.19. The number of carbonyl (C=O) groups is 1. The summed E-state index contributed by atoms with van der Waals surface area (Å²) in [5.41, 5.74) is 6.75. The molecule has 0 bridgehead atoms. The minimum absolute atomic E-state index is 0.208. The number of rotatable bonds is 5. The van der Waals surface area contributed by atoms with Crippen LogP contribution in [0.25, 0.3) is 0 Å². The maximum atomic E-state index is 12.4. The van der Waals surface area contributed by atoms with Crippen LogP contribution in [0, 0.1) is 0 Å². The fourth-order valence-corrected chi connectivity index (χ4v) is 3.73. The van der Waals surface area contributed by atoms with Crippen LogP contribution in [-0.2, 0) is 26.1 Å². The van der Waals surface area contributed by atoms with Gasteiger partial charge in [-0.05, 0) is 46.9 Å². The van der Waals surface area contributed by atoms with Crippen LogP contribution in [0.1, 0.15) is 29.2 Å². The molecular weight excluding hydrogens is 346 g/mol. The SMILES string of the molecule is CCc1ccccc1NC(=O)Nc1ccc2c(c1)CN(Cc1ccccc1)C2. The fraction of sp³-hybridized carbons (Fsp3) is 0.208. The normalized spacial score (nSPS) is 13.2. The molecule has 2 amide bonds. The Bertz CT molecular complexity index is 969. The molecule has 4 nitrogen and oxygen atoms in total. The zero-order valence-corrected chi connectivity index (χ0v) is 16.1. The number of amides is 2. The van der Waals surface area contributed by atoms with Gasteiger partial charge in [0.05, 0.1) is 0 Å². The Balaban J connectivity index is 1.39. The van der Waals surface area contributed by atoms with Gasteiger partial charge < -0.3 is 10.6 Å². The van der Waals surface area contributed by atoms with Crippen LogP contribution < -0.4 is 10.6 Å². The molecule has 28 heavy (non-hydrogen) atoms. The van der Waals surface area contributed by atoms with Crippen LogP contribution in [0.3, 0.4) is 0 Å². The Morgan fingerprint density at radius 2 is 1.64 bits per heavy atom. The summed E-state index contributed by atoms with van der Waals surface area (Å²) in [6.45, 7) is 4.87. The largest absolute Gasteiger partial charge is 0.323 e. The summed E-state index contributed by atoms with van der Waals surface area (Å²) in [4.78, 5) is 14.8. The second-order valence-corrected chi connectivity index (χ2v) is 7.20. The molecule has 3 aromatic carbocycles. The van der Waals surface area contributed by atoms with E-state index in [2.05, 4.69) is 58.9 Å². The Morgan fingerprint density at radius 1 is 0.893 bits per heavy atom. The van der Waals surface area contributed by atoms with Gasteiger partial charge in [0, 0.05) is 31.0 Å². The van der Waals surface area contributed by atoms with Crippen molar-refractivity contribution in [1.29, 1.82) is 0 Å². The highest BCUT2D eigenvalue weighted by atomic mass is 16.2. The maximum absolute atomic E-state index is 12.4. The highest BCUT2D eigenvalue weighted by molar-refractivity contribution is 6.00. The van der Waals surface area contributed by atoms with Crippen molar-refractivity contribution in [2.75, 3.05) is 10.6 Å². The lowest BCUT2D eigenvalue weighted by Gasteiger charge is -2.14. The lowest BCUT2D eigenvalue weighted by Crippen LogP contribution is -2.20. The third-order valence-corrected chi connectivity index (χ3v) is 5.15. The van der Waals surface area contributed by atoms with Gasteiger partial charge in [-0.2, -0.15) is 0 Å². The number of anilines is 2. The van der Waals surface area contributed by atoms with Crippen molar-refractivity contribution in [3.63, 3.8) is 0 Å². The van der Waals surface area contributed by atoms with Crippen LogP contribution in [-0.4, -0.2) is 10.9 Å². The number of nitrogens with zero attached hydrogens (tertiary/aromatic N) is 1. The molecule has 0 saturated heterocycles.